The van der Waals surface area contributed by atoms with Gasteiger partial charge >= 0.3 is 0 Å². The van der Waals surface area contributed by atoms with Gasteiger partial charge in [-0.2, -0.15) is 4.31 Å². The third-order valence-corrected chi connectivity index (χ3v) is 4.96. The molecule has 1 rings (SSSR count). The number of rotatable bonds is 3. The van der Waals surface area contributed by atoms with Crippen molar-refractivity contribution in [3.8, 4) is 0 Å². The van der Waals surface area contributed by atoms with Crippen LogP contribution in [0.2, 0.25) is 0 Å². The number of amides is 1. The first-order valence-electron chi connectivity index (χ1n) is 3.34. The van der Waals surface area contributed by atoms with Gasteiger partial charge in [-0.25, -0.2) is 8.42 Å². The van der Waals surface area contributed by atoms with Gasteiger partial charge in [0, 0.05) is 6.54 Å². The summed E-state index contributed by atoms with van der Waals surface area (Å²) in [5.41, 5.74) is 4.98. The third-order valence-electron chi connectivity index (χ3n) is 1.79. The Morgan fingerprint density at radius 2 is 2.25 bits per heavy atom. The molecule has 1 fully saturated rings. The largest absolute Gasteiger partial charge is 0.368 e. The van der Waals surface area contributed by atoms with Gasteiger partial charge in [-0.05, 0) is 6.42 Å². The predicted octanol–water partition coefficient (Wildman–Crippen LogP) is -0.772. The summed E-state index contributed by atoms with van der Waals surface area (Å²) in [5, 5.41) is 0. The molecular formula is C5H9BrN2O3S. The van der Waals surface area contributed by atoms with Crippen LogP contribution in [0.1, 0.15) is 6.42 Å². The summed E-state index contributed by atoms with van der Waals surface area (Å²) in [4.78, 5) is 10.7. The fraction of sp³-hybridized carbons (Fsp3) is 0.800. The molecule has 1 saturated heterocycles. The molecule has 70 valence electrons. The fourth-order valence-corrected chi connectivity index (χ4v) is 2.94. The fourth-order valence-electron chi connectivity index (χ4n) is 1.04. The summed E-state index contributed by atoms with van der Waals surface area (Å²) in [6.45, 7) is 0.390. The zero-order chi connectivity index (χ0) is 9.35. The maximum Gasteiger partial charge on any atom is 0.235 e. The van der Waals surface area contributed by atoms with E-state index < -0.39 is 22.0 Å². The van der Waals surface area contributed by atoms with Crippen LogP contribution in [0.3, 0.4) is 0 Å². The summed E-state index contributed by atoms with van der Waals surface area (Å²) in [6.07, 6.45) is 0.529. The molecule has 1 heterocycles. The van der Waals surface area contributed by atoms with Crippen molar-refractivity contribution >= 4 is 31.9 Å². The number of primary amides is 1. The van der Waals surface area contributed by atoms with Gasteiger partial charge in [0.25, 0.3) is 0 Å². The molecule has 0 aromatic heterocycles. The lowest BCUT2D eigenvalue weighted by Crippen LogP contribution is -2.57. The Balaban J connectivity index is 2.73. The van der Waals surface area contributed by atoms with Crippen LogP contribution in [-0.2, 0) is 14.8 Å². The van der Waals surface area contributed by atoms with Crippen LogP contribution in [0.15, 0.2) is 0 Å². The van der Waals surface area contributed by atoms with Crippen LogP contribution in [0.25, 0.3) is 0 Å². The maximum atomic E-state index is 11.2. The number of nitrogens with zero attached hydrogens (tertiary/aromatic N) is 1. The number of sulfonamides is 1. The zero-order valence-corrected chi connectivity index (χ0v) is 8.64. The molecular weight excluding hydrogens is 248 g/mol. The maximum absolute atomic E-state index is 11.2. The molecule has 2 N–H and O–H groups in total. The van der Waals surface area contributed by atoms with Crippen molar-refractivity contribution in [3.05, 3.63) is 0 Å². The molecule has 0 spiro atoms. The van der Waals surface area contributed by atoms with Crippen molar-refractivity contribution < 1.29 is 13.2 Å². The first kappa shape index (κ1) is 9.94. The molecule has 0 bridgehead atoms. The lowest BCUT2D eigenvalue weighted by molar-refractivity contribution is -0.124. The van der Waals surface area contributed by atoms with Crippen LogP contribution < -0.4 is 5.73 Å². The van der Waals surface area contributed by atoms with E-state index >= 15 is 0 Å². The number of hydrogen-bond donors (Lipinski definition) is 1. The normalized spacial score (nSPS) is 24.9. The van der Waals surface area contributed by atoms with Crippen molar-refractivity contribution in [3.63, 3.8) is 0 Å². The van der Waals surface area contributed by atoms with Crippen molar-refractivity contribution in [1.82, 2.24) is 4.31 Å². The molecule has 1 aliphatic heterocycles. The van der Waals surface area contributed by atoms with E-state index in [-0.39, 0.29) is 4.66 Å². The molecule has 0 radical (unpaired) electrons. The SMILES string of the molecule is NC(=O)C1CCN1S(=O)(=O)CBr. The monoisotopic (exact) mass is 256 g/mol. The van der Waals surface area contributed by atoms with Gasteiger partial charge in [0.1, 0.15) is 10.7 Å². The Hall–Kier alpha value is -0.140. The molecule has 1 amide bonds. The zero-order valence-electron chi connectivity index (χ0n) is 6.23. The topological polar surface area (TPSA) is 80.5 Å². The van der Waals surface area contributed by atoms with Gasteiger partial charge in [-0.3, -0.25) is 4.79 Å². The number of halogens is 1. The minimum atomic E-state index is -3.31. The summed E-state index contributed by atoms with van der Waals surface area (Å²) >= 11 is 2.84. The van der Waals surface area contributed by atoms with Crippen LogP contribution >= 0.6 is 15.9 Å². The summed E-state index contributed by atoms with van der Waals surface area (Å²) in [6, 6.07) is -0.632. The first-order valence-corrected chi connectivity index (χ1v) is 6.07. The molecule has 12 heavy (non-hydrogen) atoms. The lowest BCUT2D eigenvalue weighted by atomic mass is 10.1. The van der Waals surface area contributed by atoms with Crippen molar-refractivity contribution in [1.29, 1.82) is 0 Å². The molecule has 5 nitrogen and oxygen atoms in total. The van der Waals surface area contributed by atoms with Crippen molar-refractivity contribution in [2.24, 2.45) is 5.73 Å². The summed E-state index contributed by atoms with van der Waals surface area (Å²) < 4.78 is 23.3. The minimum Gasteiger partial charge on any atom is -0.368 e. The van der Waals surface area contributed by atoms with Gasteiger partial charge < -0.3 is 5.73 Å². The predicted molar refractivity (Wildman–Crippen MR) is 47.0 cm³/mol. The molecule has 1 unspecified atom stereocenters. The highest BCUT2D eigenvalue weighted by molar-refractivity contribution is 9.10. The van der Waals surface area contributed by atoms with Crippen molar-refractivity contribution in [2.75, 3.05) is 11.2 Å². The minimum absolute atomic E-state index is 0.163. The number of hydrogen-bond acceptors (Lipinski definition) is 3. The Kier molecular flexibility index (Phi) is 2.74. The van der Waals surface area contributed by atoms with Gasteiger partial charge in [0.2, 0.25) is 15.9 Å². The number of alkyl halides is 1. The second kappa shape index (κ2) is 3.31. The van der Waals surface area contributed by atoms with Crippen LogP contribution in [-0.4, -0.2) is 35.9 Å². The summed E-state index contributed by atoms with van der Waals surface area (Å²) in [7, 11) is -3.31. The van der Waals surface area contributed by atoms with Gasteiger partial charge in [0.15, 0.2) is 0 Å². The lowest BCUT2D eigenvalue weighted by Gasteiger charge is -2.36. The summed E-state index contributed by atoms with van der Waals surface area (Å²) in [5.74, 6) is -0.578. The highest BCUT2D eigenvalue weighted by atomic mass is 79.9. The Bertz CT molecular complexity index is 289. The number of nitrogens with two attached hydrogens (primary N) is 1. The number of carbonyl (C=O) groups excluding carboxylic acids is 1. The van der Waals surface area contributed by atoms with Crippen molar-refractivity contribution in [2.45, 2.75) is 12.5 Å². The van der Waals surface area contributed by atoms with Crippen LogP contribution in [0.5, 0.6) is 0 Å². The second-order valence-electron chi connectivity index (χ2n) is 2.54. The molecule has 0 aliphatic carbocycles. The van der Waals surface area contributed by atoms with E-state index in [1.807, 2.05) is 0 Å². The second-order valence-corrected chi connectivity index (χ2v) is 5.76. The van der Waals surface area contributed by atoms with E-state index in [1.54, 1.807) is 0 Å². The Morgan fingerprint density at radius 3 is 2.50 bits per heavy atom. The van der Waals surface area contributed by atoms with E-state index in [9.17, 15) is 13.2 Å². The van der Waals surface area contributed by atoms with E-state index in [1.165, 1.54) is 0 Å². The number of carbonyl (C=O) groups is 1. The molecule has 0 saturated carbocycles. The van der Waals surface area contributed by atoms with E-state index in [2.05, 4.69) is 15.9 Å². The smallest absolute Gasteiger partial charge is 0.235 e. The van der Waals surface area contributed by atoms with Gasteiger partial charge in [-0.1, -0.05) is 15.9 Å². The third kappa shape index (κ3) is 1.62. The molecule has 1 aliphatic rings. The highest BCUT2D eigenvalue weighted by Gasteiger charge is 2.40. The highest BCUT2D eigenvalue weighted by Crippen LogP contribution is 2.22. The Morgan fingerprint density at radius 1 is 1.67 bits per heavy atom. The van der Waals surface area contributed by atoms with E-state index in [0.29, 0.717) is 13.0 Å². The van der Waals surface area contributed by atoms with E-state index in [0.717, 1.165) is 4.31 Å². The van der Waals surface area contributed by atoms with Crippen LogP contribution in [0.4, 0.5) is 0 Å². The molecule has 1 atom stereocenters. The van der Waals surface area contributed by atoms with Gasteiger partial charge in [0.05, 0.1) is 0 Å². The average molecular weight is 257 g/mol. The quantitative estimate of drug-likeness (QED) is 0.674. The molecule has 0 aromatic rings. The van der Waals surface area contributed by atoms with Gasteiger partial charge in [-0.15, -0.1) is 0 Å². The molecule has 0 aromatic carbocycles. The van der Waals surface area contributed by atoms with E-state index in [4.69, 9.17) is 5.73 Å². The standard InChI is InChI=1S/C5H9BrN2O3S/c6-3-12(10,11)8-2-1-4(8)5(7)9/h4H,1-3H2,(H2,7,9). The Labute approximate surface area is 79.1 Å². The first-order chi connectivity index (χ1) is 5.49. The average Bonchev–Trinajstić information content (AvgIpc) is 1.82. The van der Waals surface area contributed by atoms with Crippen LogP contribution in [0, 0.1) is 0 Å². The molecule has 7 heteroatoms.